The molecule has 1 nitrogen and oxygen atoms in total. The normalized spacial score (nSPS) is 13.8. The predicted octanol–water partition coefficient (Wildman–Crippen LogP) is 3.80. The van der Waals surface area contributed by atoms with Gasteiger partial charge in [-0.15, -0.1) is 0 Å². The van der Waals surface area contributed by atoms with E-state index in [0.717, 1.165) is 0 Å². The highest BCUT2D eigenvalue weighted by atomic mass is 79.9. The Balaban J connectivity index is 2.56. The Morgan fingerprint density at radius 3 is 2.53 bits per heavy atom. The van der Waals surface area contributed by atoms with Crippen molar-refractivity contribution in [2.75, 3.05) is 0 Å². The molecule has 6 heteroatoms. The monoisotopic (exact) mass is 313 g/mol. The molecule has 1 rings (SSSR count). The maximum atomic E-state index is 13.1. The van der Waals surface area contributed by atoms with Crippen molar-refractivity contribution >= 4 is 15.9 Å². The van der Waals surface area contributed by atoms with E-state index in [1.165, 1.54) is 12.1 Å². The van der Waals surface area contributed by atoms with Crippen LogP contribution >= 0.6 is 15.9 Å². The first-order valence-electron chi connectivity index (χ1n) is 5.05. The van der Waals surface area contributed by atoms with Gasteiger partial charge < -0.3 is 5.73 Å². The van der Waals surface area contributed by atoms with Crippen LogP contribution < -0.4 is 5.73 Å². The van der Waals surface area contributed by atoms with Crippen LogP contribution in [0.15, 0.2) is 22.7 Å². The molecule has 0 amide bonds. The summed E-state index contributed by atoms with van der Waals surface area (Å²) in [7, 11) is 0. The number of rotatable bonds is 4. The third kappa shape index (κ3) is 5.04. The largest absolute Gasteiger partial charge is 0.389 e. The van der Waals surface area contributed by atoms with Crippen LogP contribution in [-0.2, 0) is 6.42 Å². The zero-order valence-corrected chi connectivity index (χ0v) is 10.5. The van der Waals surface area contributed by atoms with Gasteiger partial charge in [-0.05, 0) is 40.4 Å². The molecule has 0 fully saturated rings. The summed E-state index contributed by atoms with van der Waals surface area (Å²) in [6.07, 6.45) is -5.06. The molecule has 0 aromatic heterocycles. The minimum Gasteiger partial charge on any atom is -0.327 e. The van der Waals surface area contributed by atoms with E-state index in [2.05, 4.69) is 15.9 Å². The lowest BCUT2D eigenvalue weighted by atomic mass is 10.0. The highest BCUT2D eigenvalue weighted by Gasteiger charge is 2.27. The quantitative estimate of drug-likeness (QED) is 0.841. The minimum atomic E-state index is -4.20. The molecular weight excluding hydrogens is 302 g/mol. The van der Waals surface area contributed by atoms with E-state index in [1.807, 2.05) is 0 Å². The Morgan fingerprint density at radius 2 is 1.94 bits per heavy atom. The molecule has 0 bridgehead atoms. The van der Waals surface area contributed by atoms with Crippen molar-refractivity contribution in [3.05, 3.63) is 34.1 Å². The zero-order chi connectivity index (χ0) is 13.1. The summed E-state index contributed by atoms with van der Waals surface area (Å²) in [6.45, 7) is 0. The Hall–Kier alpha value is -0.620. The summed E-state index contributed by atoms with van der Waals surface area (Å²) in [5.74, 6) is -0.439. The number of hydrogen-bond donors (Lipinski definition) is 1. The van der Waals surface area contributed by atoms with Crippen molar-refractivity contribution in [3.8, 4) is 0 Å². The van der Waals surface area contributed by atoms with E-state index < -0.39 is 24.5 Å². The van der Waals surface area contributed by atoms with Crippen LogP contribution in [0.2, 0.25) is 0 Å². The molecule has 17 heavy (non-hydrogen) atoms. The van der Waals surface area contributed by atoms with Crippen molar-refractivity contribution in [2.24, 2.45) is 5.73 Å². The number of halogens is 5. The summed E-state index contributed by atoms with van der Waals surface area (Å²) in [5.41, 5.74) is 6.17. The second-order valence-corrected chi connectivity index (χ2v) is 4.62. The van der Waals surface area contributed by atoms with Gasteiger partial charge in [-0.2, -0.15) is 13.2 Å². The molecule has 1 unspecified atom stereocenters. The van der Waals surface area contributed by atoms with E-state index in [1.54, 1.807) is 6.07 Å². The maximum Gasteiger partial charge on any atom is 0.389 e. The summed E-state index contributed by atoms with van der Waals surface area (Å²) >= 11 is 3.05. The second-order valence-electron chi connectivity index (χ2n) is 3.83. The molecule has 0 aliphatic carbocycles. The third-order valence-corrected chi connectivity index (χ3v) is 3.20. The average molecular weight is 314 g/mol. The van der Waals surface area contributed by atoms with Crippen LogP contribution in [0, 0.1) is 5.82 Å². The Morgan fingerprint density at radius 1 is 1.29 bits per heavy atom. The van der Waals surface area contributed by atoms with Gasteiger partial charge in [0.25, 0.3) is 0 Å². The Labute approximate surface area is 105 Å². The van der Waals surface area contributed by atoms with Gasteiger partial charge in [0.15, 0.2) is 0 Å². The third-order valence-electron chi connectivity index (χ3n) is 2.31. The van der Waals surface area contributed by atoms with E-state index >= 15 is 0 Å². The van der Waals surface area contributed by atoms with Gasteiger partial charge in [-0.3, -0.25) is 0 Å². The molecule has 2 N–H and O–H groups in total. The highest BCUT2D eigenvalue weighted by molar-refractivity contribution is 9.10. The SMILES string of the molecule is NC(CCC(F)(F)F)Cc1cccc(F)c1Br. The molecular formula is C11H12BrF4N. The number of alkyl halides is 3. The second kappa shape index (κ2) is 5.82. The number of nitrogens with two attached hydrogens (primary N) is 1. The fraction of sp³-hybridized carbons (Fsp3) is 0.455. The van der Waals surface area contributed by atoms with E-state index in [9.17, 15) is 17.6 Å². The zero-order valence-electron chi connectivity index (χ0n) is 8.90. The first-order valence-corrected chi connectivity index (χ1v) is 5.84. The van der Waals surface area contributed by atoms with Crippen molar-refractivity contribution in [2.45, 2.75) is 31.5 Å². The van der Waals surface area contributed by atoms with Gasteiger partial charge >= 0.3 is 6.18 Å². The summed E-state index contributed by atoms with van der Waals surface area (Å²) < 4.78 is 49.3. The Kier molecular flexibility index (Phi) is 4.94. The molecule has 1 atom stereocenters. The van der Waals surface area contributed by atoms with Gasteiger partial charge in [0.1, 0.15) is 5.82 Å². The highest BCUT2D eigenvalue weighted by Crippen LogP contribution is 2.25. The lowest BCUT2D eigenvalue weighted by molar-refractivity contribution is -0.136. The molecule has 1 aromatic carbocycles. The molecule has 0 saturated carbocycles. The molecule has 0 aliphatic rings. The number of hydrogen-bond acceptors (Lipinski definition) is 1. The smallest absolute Gasteiger partial charge is 0.327 e. The van der Waals surface area contributed by atoms with E-state index in [0.29, 0.717) is 5.56 Å². The molecule has 0 radical (unpaired) electrons. The van der Waals surface area contributed by atoms with Crippen LogP contribution in [0.4, 0.5) is 17.6 Å². The van der Waals surface area contributed by atoms with Gasteiger partial charge in [0.2, 0.25) is 0 Å². The van der Waals surface area contributed by atoms with Crippen molar-refractivity contribution in [3.63, 3.8) is 0 Å². The average Bonchev–Trinajstić information content (AvgIpc) is 2.21. The lowest BCUT2D eigenvalue weighted by Crippen LogP contribution is -2.25. The standard InChI is InChI=1S/C11H12BrF4N/c12-10-7(2-1-3-9(10)13)6-8(17)4-5-11(14,15)16/h1-3,8H,4-6,17H2. The summed E-state index contributed by atoms with van der Waals surface area (Å²) in [6, 6.07) is 3.79. The van der Waals surface area contributed by atoms with Crippen LogP contribution in [0.25, 0.3) is 0 Å². The predicted molar refractivity (Wildman–Crippen MR) is 61.1 cm³/mol. The van der Waals surface area contributed by atoms with Gasteiger partial charge in [-0.25, -0.2) is 4.39 Å². The molecule has 0 saturated heterocycles. The van der Waals surface area contributed by atoms with Crippen LogP contribution in [0.3, 0.4) is 0 Å². The Bertz CT molecular complexity index is 378. The van der Waals surface area contributed by atoms with Crippen molar-refractivity contribution < 1.29 is 17.6 Å². The fourth-order valence-electron chi connectivity index (χ4n) is 1.44. The molecule has 0 aliphatic heterocycles. The van der Waals surface area contributed by atoms with Crippen molar-refractivity contribution in [1.29, 1.82) is 0 Å². The van der Waals surface area contributed by atoms with Gasteiger partial charge in [0, 0.05) is 12.5 Å². The first-order chi connectivity index (χ1) is 7.79. The maximum absolute atomic E-state index is 13.1. The molecule has 0 spiro atoms. The van der Waals surface area contributed by atoms with Gasteiger partial charge in [-0.1, -0.05) is 12.1 Å². The topological polar surface area (TPSA) is 26.0 Å². The van der Waals surface area contributed by atoms with Crippen LogP contribution in [0.1, 0.15) is 18.4 Å². The number of benzene rings is 1. The van der Waals surface area contributed by atoms with Crippen LogP contribution in [0.5, 0.6) is 0 Å². The minimum absolute atomic E-state index is 0.160. The van der Waals surface area contributed by atoms with E-state index in [4.69, 9.17) is 5.73 Å². The van der Waals surface area contributed by atoms with E-state index in [-0.39, 0.29) is 17.3 Å². The first kappa shape index (κ1) is 14.4. The van der Waals surface area contributed by atoms with Crippen LogP contribution in [-0.4, -0.2) is 12.2 Å². The fourth-order valence-corrected chi connectivity index (χ4v) is 1.87. The molecule has 96 valence electrons. The lowest BCUT2D eigenvalue weighted by Gasteiger charge is -2.14. The molecule has 0 heterocycles. The summed E-state index contributed by atoms with van der Waals surface area (Å²) in [4.78, 5) is 0. The molecule has 1 aromatic rings. The van der Waals surface area contributed by atoms with Crippen molar-refractivity contribution in [1.82, 2.24) is 0 Å². The summed E-state index contributed by atoms with van der Waals surface area (Å²) in [5, 5.41) is 0. The van der Waals surface area contributed by atoms with Gasteiger partial charge in [0.05, 0.1) is 4.47 Å².